The summed E-state index contributed by atoms with van der Waals surface area (Å²) in [5, 5.41) is 6.66. The second-order valence-electron chi connectivity index (χ2n) is 8.80. The van der Waals surface area contributed by atoms with Gasteiger partial charge in [0.15, 0.2) is 28.9 Å². The molecule has 2 atom stereocenters. The topological polar surface area (TPSA) is 90.0 Å². The smallest absolute Gasteiger partial charge is 0.227 e. The van der Waals surface area contributed by atoms with Crippen molar-refractivity contribution in [3.05, 3.63) is 53.9 Å². The number of piperazine rings is 1. The molecule has 2 aromatic carbocycles. The number of methoxy groups -OCH3 is 3. The Morgan fingerprint density at radius 1 is 0.919 bits per heavy atom. The van der Waals surface area contributed by atoms with E-state index in [4.69, 9.17) is 18.9 Å². The van der Waals surface area contributed by atoms with Gasteiger partial charge in [-0.2, -0.15) is 0 Å². The first-order valence-electron chi connectivity index (χ1n) is 11.8. The summed E-state index contributed by atoms with van der Waals surface area (Å²) in [7, 11) is 4.22. The quantitative estimate of drug-likeness (QED) is 0.433. The van der Waals surface area contributed by atoms with Gasteiger partial charge < -0.3 is 34.5 Å². The first-order valence-corrected chi connectivity index (χ1v) is 11.8. The molecule has 37 heavy (non-hydrogen) atoms. The van der Waals surface area contributed by atoms with Gasteiger partial charge >= 0.3 is 0 Å². The molecule has 11 heteroatoms. The minimum Gasteiger partial charge on any atom is -0.495 e. The van der Waals surface area contributed by atoms with Crippen LogP contribution in [0, 0.1) is 11.6 Å². The molecule has 0 aliphatic carbocycles. The molecule has 0 saturated carbocycles. The van der Waals surface area contributed by atoms with E-state index in [2.05, 4.69) is 39.3 Å². The number of halogens is 2. The van der Waals surface area contributed by atoms with Gasteiger partial charge in [-0.1, -0.05) is 0 Å². The Morgan fingerprint density at radius 2 is 1.51 bits per heavy atom. The molecule has 2 heterocycles. The Bertz CT molecular complexity index is 1190. The molecular weight excluding hydrogens is 484 g/mol. The first-order chi connectivity index (χ1) is 17.8. The van der Waals surface area contributed by atoms with Crippen LogP contribution in [-0.4, -0.2) is 56.5 Å². The second kappa shape index (κ2) is 11.5. The van der Waals surface area contributed by atoms with Crippen LogP contribution in [0.5, 0.6) is 23.0 Å². The highest BCUT2D eigenvalue weighted by molar-refractivity contribution is 5.67. The van der Waals surface area contributed by atoms with E-state index in [0.717, 1.165) is 36.3 Å². The van der Waals surface area contributed by atoms with Crippen molar-refractivity contribution >= 4 is 17.3 Å². The van der Waals surface area contributed by atoms with Gasteiger partial charge in [0, 0.05) is 43.0 Å². The summed E-state index contributed by atoms with van der Waals surface area (Å²) in [5.41, 5.74) is 1.45. The monoisotopic (exact) mass is 515 g/mol. The maximum Gasteiger partial charge on any atom is 0.227 e. The third-order valence-electron chi connectivity index (χ3n) is 6.01. The average molecular weight is 516 g/mol. The zero-order valence-corrected chi connectivity index (χ0v) is 21.5. The van der Waals surface area contributed by atoms with Crippen molar-refractivity contribution < 1.29 is 27.7 Å². The Balaban J connectivity index is 1.43. The van der Waals surface area contributed by atoms with Crippen molar-refractivity contribution in [1.82, 2.24) is 15.3 Å². The number of benzene rings is 2. The number of nitrogens with one attached hydrogen (secondary N) is 2. The Labute approximate surface area is 214 Å². The van der Waals surface area contributed by atoms with Gasteiger partial charge in [0.25, 0.3) is 0 Å². The molecule has 4 rings (SSSR count). The highest BCUT2D eigenvalue weighted by atomic mass is 19.1. The molecule has 1 aliphatic rings. The molecule has 198 valence electrons. The second-order valence-corrected chi connectivity index (χ2v) is 8.80. The Morgan fingerprint density at radius 3 is 2.08 bits per heavy atom. The first kappa shape index (κ1) is 26.2. The Hall–Kier alpha value is -3.86. The van der Waals surface area contributed by atoms with E-state index in [1.807, 2.05) is 18.2 Å². The van der Waals surface area contributed by atoms with Crippen LogP contribution in [0.1, 0.15) is 19.4 Å². The molecule has 0 radical (unpaired) electrons. The summed E-state index contributed by atoms with van der Waals surface area (Å²) in [6.07, 6.45) is 2.83. The maximum absolute atomic E-state index is 14.5. The van der Waals surface area contributed by atoms with Crippen LogP contribution < -0.4 is 34.5 Å². The lowest BCUT2D eigenvalue weighted by molar-refractivity contribution is 0.280. The molecule has 0 spiro atoms. The van der Waals surface area contributed by atoms with Crippen molar-refractivity contribution in [2.75, 3.05) is 44.6 Å². The number of hydrogen-bond acceptors (Lipinski definition) is 9. The highest BCUT2D eigenvalue weighted by Crippen LogP contribution is 2.34. The van der Waals surface area contributed by atoms with E-state index >= 15 is 0 Å². The molecule has 2 unspecified atom stereocenters. The standard InChI is InChI=1S/C26H31F2N5O4/c1-15-12-33(13-16(2)31-15)20-7-6-17(8-21(20)34-3)32-26-29-10-18(11-30-26)37-14-19-24(27)22(35-4)9-23(36-5)25(19)28/h6-11,15-16,31H,12-14H2,1-5H3,(H,29,30,32). The van der Waals surface area contributed by atoms with Gasteiger partial charge in [-0.05, 0) is 26.0 Å². The fourth-order valence-electron chi connectivity index (χ4n) is 4.34. The van der Waals surface area contributed by atoms with E-state index in [9.17, 15) is 8.78 Å². The normalized spacial score (nSPS) is 17.3. The molecular formula is C26H31F2N5O4. The van der Waals surface area contributed by atoms with Gasteiger partial charge in [0.05, 0.1) is 45.0 Å². The fraction of sp³-hybridized carbons (Fsp3) is 0.385. The number of nitrogens with zero attached hydrogens (tertiary/aromatic N) is 3. The summed E-state index contributed by atoms with van der Waals surface area (Å²) < 4.78 is 50.2. The molecule has 3 aromatic rings. The van der Waals surface area contributed by atoms with Gasteiger partial charge in [-0.15, -0.1) is 0 Å². The molecule has 0 bridgehead atoms. The van der Waals surface area contributed by atoms with E-state index < -0.39 is 18.2 Å². The average Bonchev–Trinajstić information content (AvgIpc) is 2.89. The maximum atomic E-state index is 14.5. The predicted octanol–water partition coefficient (Wildman–Crippen LogP) is 4.29. The van der Waals surface area contributed by atoms with Crippen LogP contribution in [0.2, 0.25) is 0 Å². The summed E-state index contributed by atoms with van der Waals surface area (Å²) in [4.78, 5) is 10.8. The largest absolute Gasteiger partial charge is 0.495 e. The van der Waals surface area contributed by atoms with E-state index in [1.54, 1.807) is 7.11 Å². The SMILES string of the molecule is COc1cc(Nc2ncc(OCc3c(F)c(OC)cc(OC)c3F)cn2)ccc1N1CC(C)NC(C)C1. The summed E-state index contributed by atoms with van der Waals surface area (Å²) in [6, 6.07) is 7.73. The molecule has 1 fully saturated rings. The van der Waals surface area contributed by atoms with Gasteiger partial charge in [0.1, 0.15) is 12.4 Å². The van der Waals surface area contributed by atoms with Crippen molar-refractivity contribution in [2.24, 2.45) is 0 Å². The van der Waals surface area contributed by atoms with Crippen LogP contribution in [0.15, 0.2) is 36.7 Å². The van der Waals surface area contributed by atoms with Gasteiger partial charge in [-0.25, -0.2) is 18.7 Å². The molecule has 0 amide bonds. The zero-order chi connectivity index (χ0) is 26.5. The predicted molar refractivity (Wildman–Crippen MR) is 136 cm³/mol. The highest BCUT2D eigenvalue weighted by Gasteiger charge is 2.24. The minimum absolute atomic E-state index is 0.143. The van der Waals surface area contributed by atoms with Crippen molar-refractivity contribution in [3.63, 3.8) is 0 Å². The molecule has 1 aliphatic heterocycles. The molecule has 2 N–H and O–H groups in total. The number of hydrogen-bond donors (Lipinski definition) is 2. The molecule has 1 saturated heterocycles. The Kier molecular flexibility index (Phi) is 8.12. The van der Waals surface area contributed by atoms with Crippen LogP contribution in [0.25, 0.3) is 0 Å². The van der Waals surface area contributed by atoms with Crippen LogP contribution in [0.4, 0.5) is 26.1 Å². The van der Waals surface area contributed by atoms with E-state index in [-0.39, 0.29) is 22.8 Å². The summed E-state index contributed by atoms with van der Waals surface area (Å²) in [6.45, 7) is 5.69. The third-order valence-corrected chi connectivity index (χ3v) is 6.01. The van der Waals surface area contributed by atoms with Crippen LogP contribution in [0.3, 0.4) is 0 Å². The number of anilines is 3. The van der Waals surface area contributed by atoms with Gasteiger partial charge in [-0.3, -0.25) is 0 Å². The lowest BCUT2D eigenvalue weighted by atomic mass is 10.1. The summed E-state index contributed by atoms with van der Waals surface area (Å²) >= 11 is 0. The van der Waals surface area contributed by atoms with Crippen LogP contribution >= 0.6 is 0 Å². The lowest BCUT2D eigenvalue weighted by Crippen LogP contribution is -2.54. The number of ether oxygens (including phenoxy) is 4. The summed E-state index contributed by atoms with van der Waals surface area (Å²) in [5.74, 6) is -0.702. The van der Waals surface area contributed by atoms with Crippen molar-refractivity contribution in [1.29, 1.82) is 0 Å². The number of rotatable bonds is 9. The number of aromatic nitrogens is 2. The molecule has 9 nitrogen and oxygen atoms in total. The minimum atomic E-state index is -0.859. The lowest BCUT2D eigenvalue weighted by Gasteiger charge is -2.38. The molecule has 1 aromatic heterocycles. The van der Waals surface area contributed by atoms with E-state index in [1.165, 1.54) is 26.6 Å². The fourth-order valence-corrected chi connectivity index (χ4v) is 4.34. The van der Waals surface area contributed by atoms with Crippen molar-refractivity contribution in [3.8, 4) is 23.0 Å². The van der Waals surface area contributed by atoms with Crippen LogP contribution in [-0.2, 0) is 6.61 Å². The van der Waals surface area contributed by atoms with Gasteiger partial charge in [0.2, 0.25) is 5.95 Å². The zero-order valence-electron chi connectivity index (χ0n) is 21.5. The van der Waals surface area contributed by atoms with E-state index in [0.29, 0.717) is 18.0 Å². The third kappa shape index (κ3) is 5.93. The van der Waals surface area contributed by atoms with Crippen molar-refractivity contribution in [2.45, 2.75) is 32.5 Å².